The van der Waals surface area contributed by atoms with Gasteiger partial charge in [0.1, 0.15) is 0 Å². The van der Waals surface area contributed by atoms with Gasteiger partial charge in [-0.2, -0.15) is 0 Å². The van der Waals surface area contributed by atoms with E-state index in [-0.39, 0.29) is 6.29 Å². The van der Waals surface area contributed by atoms with Gasteiger partial charge in [-0.3, -0.25) is 0 Å². The number of benzene rings is 1. The molecule has 1 aromatic carbocycles. The highest BCUT2D eigenvalue weighted by Crippen LogP contribution is 2.12. The van der Waals surface area contributed by atoms with Gasteiger partial charge < -0.3 is 14.8 Å². The van der Waals surface area contributed by atoms with Gasteiger partial charge >= 0.3 is 0 Å². The highest BCUT2D eigenvalue weighted by atomic mass is 127. The van der Waals surface area contributed by atoms with Gasteiger partial charge in [-0.1, -0.05) is 6.07 Å². The van der Waals surface area contributed by atoms with E-state index in [4.69, 9.17) is 9.47 Å². The maximum Gasteiger partial charge on any atom is 0.173 e. The van der Waals surface area contributed by atoms with Crippen LogP contribution in [0.2, 0.25) is 0 Å². The van der Waals surface area contributed by atoms with Gasteiger partial charge in [0.25, 0.3) is 0 Å². The van der Waals surface area contributed by atoms with Gasteiger partial charge in [0, 0.05) is 23.5 Å². The molecule has 0 spiro atoms. The molecule has 4 heteroatoms. The SMILES string of the molecule is COC(CNc1cccc(I)c1)OC. The van der Waals surface area contributed by atoms with E-state index in [0.29, 0.717) is 6.54 Å². The topological polar surface area (TPSA) is 30.5 Å². The lowest BCUT2D eigenvalue weighted by atomic mass is 10.3. The Morgan fingerprint density at radius 2 is 2.07 bits per heavy atom. The van der Waals surface area contributed by atoms with E-state index in [1.165, 1.54) is 3.57 Å². The molecule has 0 atom stereocenters. The zero-order chi connectivity index (χ0) is 10.4. The van der Waals surface area contributed by atoms with Crippen LogP contribution < -0.4 is 5.32 Å². The first-order chi connectivity index (χ1) is 6.76. The van der Waals surface area contributed by atoms with Gasteiger partial charge in [0.05, 0.1) is 6.54 Å². The van der Waals surface area contributed by atoms with Crippen molar-refractivity contribution in [1.82, 2.24) is 0 Å². The number of hydrogen-bond acceptors (Lipinski definition) is 3. The van der Waals surface area contributed by atoms with Gasteiger partial charge in [0.2, 0.25) is 0 Å². The second-order valence-electron chi connectivity index (χ2n) is 2.79. The third-order valence-electron chi connectivity index (χ3n) is 1.82. The second kappa shape index (κ2) is 6.21. The maximum atomic E-state index is 5.06. The van der Waals surface area contributed by atoms with Crippen LogP contribution in [0.4, 0.5) is 5.69 Å². The van der Waals surface area contributed by atoms with E-state index in [0.717, 1.165) is 5.69 Å². The van der Waals surface area contributed by atoms with Crippen molar-refractivity contribution in [3.8, 4) is 0 Å². The fraction of sp³-hybridized carbons (Fsp3) is 0.400. The average Bonchev–Trinajstić information content (AvgIpc) is 2.19. The smallest absolute Gasteiger partial charge is 0.173 e. The Morgan fingerprint density at radius 3 is 2.64 bits per heavy atom. The van der Waals surface area contributed by atoms with Crippen LogP contribution in [-0.2, 0) is 9.47 Å². The zero-order valence-corrected chi connectivity index (χ0v) is 10.4. The van der Waals surface area contributed by atoms with E-state index >= 15 is 0 Å². The summed E-state index contributed by atoms with van der Waals surface area (Å²) in [5, 5.41) is 3.23. The third-order valence-corrected chi connectivity index (χ3v) is 2.49. The van der Waals surface area contributed by atoms with Crippen molar-refractivity contribution < 1.29 is 9.47 Å². The molecule has 0 aromatic heterocycles. The van der Waals surface area contributed by atoms with Crippen molar-refractivity contribution in [3.05, 3.63) is 27.8 Å². The molecule has 0 aliphatic rings. The van der Waals surface area contributed by atoms with E-state index in [9.17, 15) is 0 Å². The fourth-order valence-corrected chi connectivity index (χ4v) is 1.61. The summed E-state index contributed by atoms with van der Waals surface area (Å²) in [5.41, 5.74) is 1.08. The van der Waals surface area contributed by atoms with Crippen LogP contribution in [0, 0.1) is 3.57 Å². The first-order valence-electron chi connectivity index (χ1n) is 4.31. The summed E-state index contributed by atoms with van der Waals surface area (Å²) >= 11 is 2.28. The predicted molar refractivity (Wildman–Crippen MR) is 65.5 cm³/mol. The van der Waals surface area contributed by atoms with Crippen LogP contribution >= 0.6 is 22.6 Å². The summed E-state index contributed by atoms with van der Waals surface area (Å²) < 4.78 is 11.3. The molecule has 14 heavy (non-hydrogen) atoms. The molecular formula is C10H14INO2. The van der Waals surface area contributed by atoms with Crippen molar-refractivity contribution in [3.63, 3.8) is 0 Å². The Labute approximate surface area is 97.9 Å². The normalized spacial score (nSPS) is 10.6. The lowest BCUT2D eigenvalue weighted by molar-refractivity contribution is -0.0914. The molecule has 0 saturated carbocycles. The minimum absolute atomic E-state index is 0.201. The molecule has 1 N–H and O–H groups in total. The van der Waals surface area contributed by atoms with Crippen LogP contribution in [0.3, 0.4) is 0 Å². The monoisotopic (exact) mass is 307 g/mol. The van der Waals surface area contributed by atoms with Crippen LogP contribution in [0.25, 0.3) is 0 Å². The molecule has 0 amide bonds. The highest BCUT2D eigenvalue weighted by molar-refractivity contribution is 14.1. The fourth-order valence-electron chi connectivity index (χ4n) is 1.06. The first-order valence-corrected chi connectivity index (χ1v) is 5.39. The van der Waals surface area contributed by atoms with Crippen LogP contribution in [0.5, 0.6) is 0 Å². The molecule has 0 unspecified atom stereocenters. The number of nitrogens with one attached hydrogen (secondary N) is 1. The largest absolute Gasteiger partial charge is 0.380 e. The van der Waals surface area contributed by atoms with Crippen molar-refractivity contribution >= 4 is 28.3 Å². The minimum atomic E-state index is -0.201. The Kier molecular flexibility index (Phi) is 5.21. The minimum Gasteiger partial charge on any atom is -0.380 e. The van der Waals surface area contributed by atoms with Gasteiger partial charge in [-0.05, 0) is 40.8 Å². The van der Waals surface area contributed by atoms with Crippen molar-refractivity contribution in [2.75, 3.05) is 26.1 Å². The lowest BCUT2D eigenvalue weighted by Gasteiger charge is -2.14. The number of ether oxygens (including phenoxy) is 2. The first kappa shape index (κ1) is 11.7. The van der Waals surface area contributed by atoms with Crippen LogP contribution in [0.15, 0.2) is 24.3 Å². The third kappa shape index (κ3) is 3.81. The summed E-state index contributed by atoms with van der Waals surface area (Å²) in [4.78, 5) is 0. The molecule has 3 nitrogen and oxygen atoms in total. The van der Waals surface area contributed by atoms with Crippen molar-refractivity contribution in [2.45, 2.75) is 6.29 Å². The molecule has 0 aliphatic carbocycles. The predicted octanol–water partition coefficient (Wildman–Crippen LogP) is 2.32. The maximum absolute atomic E-state index is 5.06. The summed E-state index contributed by atoms with van der Waals surface area (Å²) in [7, 11) is 3.26. The number of halogens is 1. The van der Waals surface area contributed by atoms with E-state index < -0.39 is 0 Å². The Balaban J connectivity index is 2.44. The zero-order valence-electron chi connectivity index (χ0n) is 8.29. The molecule has 0 radical (unpaired) electrons. The molecule has 78 valence electrons. The standard InChI is InChI=1S/C10H14INO2/c1-13-10(14-2)7-12-9-5-3-4-8(11)6-9/h3-6,10,12H,7H2,1-2H3. The van der Waals surface area contributed by atoms with Gasteiger partial charge in [-0.25, -0.2) is 0 Å². The summed E-state index contributed by atoms with van der Waals surface area (Å²) in [6, 6.07) is 8.15. The van der Waals surface area contributed by atoms with Crippen LogP contribution in [-0.4, -0.2) is 27.1 Å². The lowest BCUT2D eigenvalue weighted by Crippen LogP contribution is -2.23. The molecule has 0 aliphatic heterocycles. The molecule has 0 bridgehead atoms. The number of rotatable bonds is 5. The van der Waals surface area contributed by atoms with E-state index in [1.54, 1.807) is 14.2 Å². The Bertz CT molecular complexity index is 277. The molecular weight excluding hydrogens is 293 g/mol. The Hall–Kier alpha value is -0.330. The molecule has 0 saturated heterocycles. The molecule has 1 aromatic rings. The van der Waals surface area contributed by atoms with Crippen molar-refractivity contribution in [2.24, 2.45) is 0 Å². The highest BCUT2D eigenvalue weighted by Gasteiger charge is 2.03. The quantitative estimate of drug-likeness (QED) is 0.669. The summed E-state index contributed by atoms with van der Waals surface area (Å²) in [6.45, 7) is 0.646. The molecule has 1 rings (SSSR count). The number of methoxy groups -OCH3 is 2. The summed E-state index contributed by atoms with van der Waals surface area (Å²) in [5.74, 6) is 0. The number of anilines is 1. The van der Waals surface area contributed by atoms with Gasteiger partial charge in [-0.15, -0.1) is 0 Å². The number of hydrogen-bond donors (Lipinski definition) is 1. The van der Waals surface area contributed by atoms with E-state index in [1.807, 2.05) is 12.1 Å². The van der Waals surface area contributed by atoms with Gasteiger partial charge in [0.15, 0.2) is 6.29 Å². The van der Waals surface area contributed by atoms with Crippen LogP contribution in [0.1, 0.15) is 0 Å². The average molecular weight is 307 g/mol. The molecule has 0 fully saturated rings. The van der Waals surface area contributed by atoms with Crippen molar-refractivity contribution in [1.29, 1.82) is 0 Å². The molecule has 0 heterocycles. The summed E-state index contributed by atoms with van der Waals surface area (Å²) in [6.07, 6.45) is -0.201. The second-order valence-corrected chi connectivity index (χ2v) is 4.04. The van der Waals surface area contributed by atoms with E-state index in [2.05, 4.69) is 40.0 Å². The Morgan fingerprint density at radius 1 is 1.36 bits per heavy atom.